The zero-order valence-corrected chi connectivity index (χ0v) is 11.9. The number of nitrogens with zero attached hydrogens (tertiary/aromatic N) is 1. The maximum atomic E-state index is 12.6. The first-order chi connectivity index (χ1) is 9.24. The van der Waals surface area contributed by atoms with Gasteiger partial charge >= 0.3 is 0 Å². The second kappa shape index (κ2) is 4.51. The molecule has 0 bridgehead atoms. The minimum absolute atomic E-state index is 0.141. The first kappa shape index (κ1) is 12.5. The van der Waals surface area contributed by atoms with Crippen LogP contribution in [0.25, 0.3) is 0 Å². The third-order valence-corrected chi connectivity index (χ3v) is 5.11. The molecular formula is C16H16NOS+. The number of benzene rings is 2. The van der Waals surface area contributed by atoms with Gasteiger partial charge in [-0.2, -0.15) is 3.89 Å². The van der Waals surface area contributed by atoms with Crippen LogP contribution in [0.2, 0.25) is 0 Å². The van der Waals surface area contributed by atoms with Crippen molar-refractivity contribution >= 4 is 29.1 Å². The molecule has 0 atom stereocenters. The third-order valence-electron chi connectivity index (χ3n) is 3.83. The fourth-order valence-corrected chi connectivity index (χ4v) is 3.87. The lowest BCUT2D eigenvalue weighted by molar-refractivity contribution is 0.103. The Morgan fingerprint density at radius 1 is 0.947 bits per heavy atom. The van der Waals surface area contributed by atoms with Crippen molar-refractivity contribution < 1.29 is 4.79 Å². The van der Waals surface area contributed by atoms with E-state index < -0.39 is 0 Å². The van der Waals surface area contributed by atoms with E-state index in [4.69, 9.17) is 0 Å². The van der Waals surface area contributed by atoms with E-state index in [0.29, 0.717) is 3.89 Å². The van der Waals surface area contributed by atoms with Gasteiger partial charge in [-0.1, -0.05) is 24.3 Å². The highest BCUT2D eigenvalue weighted by Crippen LogP contribution is 2.48. The molecule has 0 aliphatic carbocycles. The number of quaternary nitrogens is 1. The summed E-state index contributed by atoms with van der Waals surface area (Å²) in [5, 5.41) is 0. The SMILES string of the molecule is CC[N+]1(SC)c2ccccc2C(=O)c2ccccc21. The Balaban J connectivity index is 2.39. The van der Waals surface area contributed by atoms with Crippen LogP contribution in [0.4, 0.5) is 11.4 Å². The van der Waals surface area contributed by atoms with Crippen molar-refractivity contribution in [3.05, 3.63) is 59.7 Å². The number of hydrogen-bond acceptors (Lipinski definition) is 2. The van der Waals surface area contributed by atoms with Crippen LogP contribution in [0.15, 0.2) is 48.5 Å². The Morgan fingerprint density at radius 3 is 1.84 bits per heavy atom. The lowest BCUT2D eigenvalue weighted by Gasteiger charge is -2.38. The van der Waals surface area contributed by atoms with Gasteiger partial charge in [0.05, 0.1) is 29.6 Å². The van der Waals surface area contributed by atoms with Crippen LogP contribution in [-0.4, -0.2) is 18.6 Å². The number of hydrogen-bond donors (Lipinski definition) is 0. The highest BCUT2D eigenvalue weighted by molar-refractivity contribution is 7.98. The molecule has 0 saturated heterocycles. The van der Waals surface area contributed by atoms with E-state index in [2.05, 4.69) is 25.3 Å². The molecule has 2 nitrogen and oxygen atoms in total. The first-order valence-electron chi connectivity index (χ1n) is 6.42. The fraction of sp³-hybridized carbons (Fsp3) is 0.188. The predicted molar refractivity (Wildman–Crippen MR) is 81.8 cm³/mol. The Morgan fingerprint density at radius 2 is 1.42 bits per heavy atom. The van der Waals surface area contributed by atoms with Gasteiger partial charge in [-0.25, -0.2) is 0 Å². The van der Waals surface area contributed by atoms with Crippen LogP contribution >= 0.6 is 11.9 Å². The summed E-state index contributed by atoms with van der Waals surface area (Å²) < 4.78 is 0.679. The molecular weight excluding hydrogens is 254 g/mol. The molecule has 3 rings (SSSR count). The summed E-state index contributed by atoms with van der Waals surface area (Å²) in [5.41, 5.74) is 3.86. The molecule has 0 spiro atoms. The van der Waals surface area contributed by atoms with Gasteiger partial charge in [0.25, 0.3) is 0 Å². The molecule has 0 saturated carbocycles. The number of ketones is 1. The lowest BCUT2D eigenvalue weighted by atomic mass is 9.94. The summed E-state index contributed by atoms with van der Waals surface area (Å²) in [6.07, 6.45) is 2.10. The zero-order valence-electron chi connectivity index (χ0n) is 11.1. The molecule has 2 aromatic rings. The summed E-state index contributed by atoms with van der Waals surface area (Å²) in [5.74, 6) is 0.141. The lowest BCUT2D eigenvalue weighted by Crippen LogP contribution is -2.41. The molecule has 1 heterocycles. The van der Waals surface area contributed by atoms with Gasteiger partial charge in [-0.15, -0.1) is 0 Å². The third kappa shape index (κ3) is 1.58. The van der Waals surface area contributed by atoms with Crippen molar-refractivity contribution in [2.24, 2.45) is 0 Å². The maximum absolute atomic E-state index is 12.6. The molecule has 0 amide bonds. The van der Waals surface area contributed by atoms with Crippen molar-refractivity contribution in [3.8, 4) is 0 Å². The quantitative estimate of drug-likeness (QED) is 0.602. The van der Waals surface area contributed by atoms with Crippen molar-refractivity contribution in [2.75, 3.05) is 12.8 Å². The Hall–Kier alpha value is -1.58. The van der Waals surface area contributed by atoms with E-state index in [0.717, 1.165) is 29.0 Å². The number of rotatable bonds is 2. The van der Waals surface area contributed by atoms with Gasteiger partial charge < -0.3 is 0 Å². The molecule has 1 aliphatic heterocycles. The molecule has 19 heavy (non-hydrogen) atoms. The van der Waals surface area contributed by atoms with E-state index in [9.17, 15) is 4.79 Å². The minimum Gasteiger partial charge on any atom is -0.288 e. The molecule has 1 aliphatic rings. The first-order valence-corrected chi connectivity index (χ1v) is 7.60. The Labute approximate surface area is 117 Å². The summed E-state index contributed by atoms with van der Waals surface area (Å²) in [7, 11) is 0. The summed E-state index contributed by atoms with van der Waals surface area (Å²) in [4.78, 5) is 12.6. The van der Waals surface area contributed by atoms with Gasteiger partial charge in [-0.05, 0) is 19.1 Å². The fourth-order valence-electron chi connectivity index (χ4n) is 2.90. The van der Waals surface area contributed by atoms with Gasteiger partial charge in [0.2, 0.25) is 5.78 Å². The van der Waals surface area contributed by atoms with Crippen LogP contribution < -0.4 is 3.89 Å². The van der Waals surface area contributed by atoms with E-state index in [1.165, 1.54) is 0 Å². The van der Waals surface area contributed by atoms with Crippen LogP contribution in [0.5, 0.6) is 0 Å². The molecule has 96 valence electrons. The summed E-state index contributed by atoms with van der Waals surface area (Å²) >= 11 is 1.77. The van der Waals surface area contributed by atoms with Crippen LogP contribution in [0.3, 0.4) is 0 Å². The average Bonchev–Trinajstić information content (AvgIpc) is 2.49. The average molecular weight is 270 g/mol. The zero-order chi connectivity index (χ0) is 13.5. The molecule has 3 heteroatoms. The highest BCUT2D eigenvalue weighted by atomic mass is 32.2. The molecule has 0 N–H and O–H groups in total. The Bertz CT molecular complexity index is 595. The second-order valence-electron chi connectivity index (χ2n) is 4.60. The summed E-state index contributed by atoms with van der Waals surface area (Å²) in [6.45, 7) is 3.09. The normalized spacial score (nSPS) is 15.8. The highest BCUT2D eigenvalue weighted by Gasteiger charge is 2.43. The summed E-state index contributed by atoms with van der Waals surface area (Å²) in [6, 6.07) is 15.9. The smallest absolute Gasteiger partial charge is 0.205 e. The standard InChI is InChI=1S/C16H16NOS/c1-3-17(19-2)14-10-6-4-8-12(14)16(18)13-9-5-7-11-15(13)17/h4-11H,3H2,1-2H3/q+1. The Kier molecular flexibility index (Phi) is 2.96. The van der Waals surface area contributed by atoms with E-state index in [1.54, 1.807) is 11.9 Å². The molecule has 0 fully saturated rings. The van der Waals surface area contributed by atoms with Gasteiger partial charge in [0.1, 0.15) is 0 Å². The van der Waals surface area contributed by atoms with Crippen molar-refractivity contribution in [1.29, 1.82) is 0 Å². The van der Waals surface area contributed by atoms with Crippen LogP contribution in [0, 0.1) is 0 Å². The minimum atomic E-state index is 0.141. The van der Waals surface area contributed by atoms with E-state index in [1.807, 2.05) is 36.4 Å². The van der Waals surface area contributed by atoms with Gasteiger partial charge in [0.15, 0.2) is 11.4 Å². The number of carbonyl (C=O) groups excluding carboxylic acids is 1. The monoisotopic (exact) mass is 270 g/mol. The second-order valence-corrected chi connectivity index (χ2v) is 5.59. The van der Waals surface area contributed by atoms with Gasteiger partial charge in [0, 0.05) is 18.4 Å². The number of para-hydroxylation sites is 2. The molecule has 2 aromatic carbocycles. The van der Waals surface area contributed by atoms with Crippen molar-refractivity contribution in [2.45, 2.75) is 6.92 Å². The van der Waals surface area contributed by atoms with Crippen molar-refractivity contribution in [1.82, 2.24) is 3.89 Å². The molecule has 0 unspecified atom stereocenters. The van der Waals surface area contributed by atoms with E-state index in [-0.39, 0.29) is 5.78 Å². The van der Waals surface area contributed by atoms with Crippen molar-refractivity contribution in [3.63, 3.8) is 0 Å². The number of carbonyl (C=O) groups is 1. The largest absolute Gasteiger partial charge is 0.288 e. The molecule has 0 radical (unpaired) electrons. The predicted octanol–water partition coefficient (Wildman–Crippen LogP) is 4.17. The van der Waals surface area contributed by atoms with Gasteiger partial charge in [-0.3, -0.25) is 4.79 Å². The van der Waals surface area contributed by atoms with Crippen LogP contribution in [0.1, 0.15) is 22.8 Å². The topological polar surface area (TPSA) is 17.1 Å². The number of fused-ring (bicyclic) bond motifs is 2. The van der Waals surface area contributed by atoms with E-state index >= 15 is 0 Å². The van der Waals surface area contributed by atoms with Crippen LogP contribution in [-0.2, 0) is 0 Å². The maximum Gasteiger partial charge on any atom is 0.205 e. The molecule has 0 aromatic heterocycles.